The van der Waals surface area contributed by atoms with E-state index in [9.17, 15) is 0 Å². The first-order chi connectivity index (χ1) is 14.2. The second kappa shape index (κ2) is 7.02. The Balaban J connectivity index is 1.55. The van der Waals surface area contributed by atoms with Gasteiger partial charge in [0.1, 0.15) is 11.6 Å². The van der Waals surface area contributed by atoms with E-state index in [1.165, 1.54) is 18.4 Å². The monoisotopic (exact) mass is 380 g/mol. The van der Waals surface area contributed by atoms with Gasteiger partial charge >= 0.3 is 0 Å². The zero-order chi connectivity index (χ0) is 19.8. The van der Waals surface area contributed by atoms with Gasteiger partial charge in [0, 0.05) is 18.3 Å². The molecule has 5 rings (SSSR count). The fourth-order valence-electron chi connectivity index (χ4n) is 3.59. The summed E-state index contributed by atoms with van der Waals surface area (Å²) in [6, 6.07) is 16.1. The number of pyridine rings is 2. The standard InChI is InChI=1S/C23H20N6/c1-2-29-14-26-20-10-17(5-6-21(20)29)19-11-18(16-3-4-16)12-23(27-19)28-22-9-15(13-24)7-8-25-22/h5-12,14,16H,2-4H2,1H3,(H,25,27,28). The molecule has 3 aromatic heterocycles. The molecule has 1 fully saturated rings. The molecule has 1 saturated carbocycles. The van der Waals surface area contributed by atoms with E-state index in [0.29, 0.717) is 17.3 Å². The third-order valence-electron chi connectivity index (χ3n) is 5.30. The summed E-state index contributed by atoms with van der Waals surface area (Å²) in [5, 5.41) is 12.4. The number of aryl methyl sites for hydroxylation is 1. The molecule has 0 bridgehead atoms. The topological polar surface area (TPSA) is 79.4 Å². The average molecular weight is 380 g/mol. The summed E-state index contributed by atoms with van der Waals surface area (Å²) < 4.78 is 2.13. The smallest absolute Gasteiger partial charge is 0.132 e. The summed E-state index contributed by atoms with van der Waals surface area (Å²) in [5.41, 5.74) is 5.92. The molecule has 6 heteroatoms. The second-order valence-corrected chi connectivity index (χ2v) is 7.35. The summed E-state index contributed by atoms with van der Waals surface area (Å²) in [5.74, 6) is 1.96. The highest BCUT2D eigenvalue weighted by molar-refractivity contribution is 5.81. The number of rotatable bonds is 5. The molecule has 0 unspecified atom stereocenters. The quantitative estimate of drug-likeness (QED) is 0.527. The van der Waals surface area contributed by atoms with Crippen molar-refractivity contribution in [2.24, 2.45) is 0 Å². The molecule has 29 heavy (non-hydrogen) atoms. The summed E-state index contributed by atoms with van der Waals surface area (Å²) in [6.07, 6.45) is 5.93. The van der Waals surface area contributed by atoms with Crippen molar-refractivity contribution in [1.29, 1.82) is 5.26 Å². The number of anilines is 2. The normalized spacial score (nSPS) is 13.4. The number of hydrogen-bond acceptors (Lipinski definition) is 5. The van der Waals surface area contributed by atoms with Crippen LogP contribution in [0.5, 0.6) is 0 Å². The number of nitrogens with one attached hydrogen (secondary N) is 1. The number of nitriles is 1. The van der Waals surface area contributed by atoms with Crippen LogP contribution >= 0.6 is 0 Å². The van der Waals surface area contributed by atoms with E-state index < -0.39 is 0 Å². The van der Waals surface area contributed by atoms with Crippen molar-refractivity contribution in [3.05, 3.63) is 66.1 Å². The lowest BCUT2D eigenvalue weighted by atomic mass is 10.1. The Morgan fingerprint density at radius 2 is 2.00 bits per heavy atom. The predicted molar refractivity (Wildman–Crippen MR) is 113 cm³/mol. The van der Waals surface area contributed by atoms with Gasteiger partial charge in [0.2, 0.25) is 0 Å². The molecule has 1 aliphatic rings. The Kier molecular flexibility index (Phi) is 4.21. The van der Waals surface area contributed by atoms with E-state index in [2.05, 4.69) is 63.2 Å². The number of imidazole rings is 1. The number of benzene rings is 1. The van der Waals surface area contributed by atoms with Crippen molar-refractivity contribution < 1.29 is 0 Å². The van der Waals surface area contributed by atoms with Gasteiger partial charge in [-0.1, -0.05) is 6.07 Å². The molecule has 3 heterocycles. The van der Waals surface area contributed by atoms with Crippen LogP contribution in [0.3, 0.4) is 0 Å². The summed E-state index contributed by atoms with van der Waals surface area (Å²) in [6.45, 7) is 3.01. The Bertz CT molecular complexity index is 1250. The fourth-order valence-corrected chi connectivity index (χ4v) is 3.59. The van der Waals surface area contributed by atoms with E-state index in [0.717, 1.165) is 34.7 Å². The first kappa shape index (κ1) is 17.4. The van der Waals surface area contributed by atoms with Gasteiger partial charge in [-0.15, -0.1) is 0 Å². The zero-order valence-corrected chi connectivity index (χ0v) is 16.1. The van der Waals surface area contributed by atoms with E-state index in [1.54, 1.807) is 18.3 Å². The minimum atomic E-state index is 0.568. The molecule has 1 N–H and O–H groups in total. The van der Waals surface area contributed by atoms with Crippen LogP contribution in [0.4, 0.5) is 11.6 Å². The molecule has 0 radical (unpaired) electrons. The second-order valence-electron chi connectivity index (χ2n) is 7.35. The third kappa shape index (κ3) is 3.43. The van der Waals surface area contributed by atoms with Gasteiger partial charge in [0.25, 0.3) is 0 Å². The average Bonchev–Trinajstić information content (AvgIpc) is 3.53. The van der Waals surface area contributed by atoms with E-state index in [4.69, 9.17) is 10.2 Å². The zero-order valence-electron chi connectivity index (χ0n) is 16.1. The van der Waals surface area contributed by atoms with Crippen molar-refractivity contribution in [2.45, 2.75) is 32.2 Å². The van der Waals surface area contributed by atoms with Crippen molar-refractivity contribution in [1.82, 2.24) is 19.5 Å². The maximum Gasteiger partial charge on any atom is 0.132 e. The van der Waals surface area contributed by atoms with Gasteiger partial charge in [-0.05, 0) is 67.6 Å². The van der Waals surface area contributed by atoms with Crippen molar-refractivity contribution in [3.8, 4) is 17.3 Å². The van der Waals surface area contributed by atoms with Gasteiger partial charge in [-0.25, -0.2) is 15.0 Å². The molecule has 0 atom stereocenters. The lowest BCUT2D eigenvalue weighted by Gasteiger charge is -2.11. The van der Waals surface area contributed by atoms with Gasteiger partial charge in [0.05, 0.1) is 34.7 Å². The largest absolute Gasteiger partial charge is 0.331 e. The van der Waals surface area contributed by atoms with Gasteiger partial charge < -0.3 is 9.88 Å². The Hall–Kier alpha value is -3.72. The number of hydrogen-bond donors (Lipinski definition) is 1. The van der Waals surface area contributed by atoms with Crippen LogP contribution in [0.1, 0.15) is 36.8 Å². The molecule has 142 valence electrons. The van der Waals surface area contributed by atoms with Crippen LogP contribution in [0.2, 0.25) is 0 Å². The summed E-state index contributed by atoms with van der Waals surface area (Å²) in [4.78, 5) is 13.7. The molecule has 0 aliphatic heterocycles. The van der Waals surface area contributed by atoms with Crippen LogP contribution in [0.25, 0.3) is 22.3 Å². The molecule has 6 nitrogen and oxygen atoms in total. The molecule has 0 spiro atoms. The first-order valence-electron chi connectivity index (χ1n) is 9.84. The minimum Gasteiger partial charge on any atom is -0.331 e. The Labute approximate surface area is 168 Å². The molecule has 0 amide bonds. The number of nitrogens with zero attached hydrogens (tertiary/aromatic N) is 5. The maximum atomic E-state index is 9.12. The SMILES string of the molecule is CCn1cnc2cc(-c3cc(C4CC4)cc(Nc4cc(C#N)ccn4)n3)ccc21. The van der Waals surface area contributed by atoms with Crippen LogP contribution in [0, 0.1) is 11.3 Å². The highest BCUT2D eigenvalue weighted by atomic mass is 15.1. The van der Waals surface area contributed by atoms with Crippen LogP contribution in [-0.4, -0.2) is 19.5 Å². The fraction of sp³-hybridized carbons (Fsp3) is 0.217. The van der Waals surface area contributed by atoms with Gasteiger partial charge in [-0.3, -0.25) is 0 Å². The van der Waals surface area contributed by atoms with Crippen molar-refractivity contribution in [2.75, 3.05) is 5.32 Å². The molecular formula is C23H20N6. The molecule has 1 aliphatic carbocycles. The van der Waals surface area contributed by atoms with E-state index in [-0.39, 0.29) is 0 Å². The lowest BCUT2D eigenvalue weighted by molar-refractivity contribution is 0.787. The number of aromatic nitrogens is 4. The van der Waals surface area contributed by atoms with Crippen LogP contribution < -0.4 is 5.32 Å². The molecule has 0 saturated heterocycles. The molecular weight excluding hydrogens is 360 g/mol. The maximum absolute atomic E-state index is 9.12. The van der Waals surface area contributed by atoms with Crippen LogP contribution in [0.15, 0.2) is 55.0 Å². The Morgan fingerprint density at radius 1 is 1.10 bits per heavy atom. The van der Waals surface area contributed by atoms with Crippen molar-refractivity contribution >= 4 is 22.7 Å². The van der Waals surface area contributed by atoms with E-state index >= 15 is 0 Å². The predicted octanol–water partition coefficient (Wildman–Crippen LogP) is 5.01. The molecule has 4 aromatic rings. The summed E-state index contributed by atoms with van der Waals surface area (Å²) in [7, 11) is 0. The number of fused-ring (bicyclic) bond motifs is 1. The van der Waals surface area contributed by atoms with Crippen LogP contribution in [-0.2, 0) is 6.54 Å². The van der Waals surface area contributed by atoms with Gasteiger partial charge in [-0.2, -0.15) is 5.26 Å². The third-order valence-corrected chi connectivity index (χ3v) is 5.30. The lowest BCUT2D eigenvalue weighted by Crippen LogP contribution is -1.99. The Morgan fingerprint density at radius 3 is 2.79 bits per heavy atom. The first-order valence-corrected chi connectivity index (χ1v) is 9.84. The van der Waals surface area contributed by atoms with Gasteiger partial charge in [0.15, 0.2) is 0 Å². The molecule has 1 aromatic carbocycles. The highest BCUT2D eigenvalue weighted by Crippen LogP contribution is 2.42. The highest BCUT2D eigenvalue weighted by Gasteiger charge is 2.25. The van der Waals surface area contributed by atoms with E-state index in [1.807, 2.05) is 6.33 Å². The van der Waals surface area contributed by atoms with Crippen molar-refractivity contribution in [3.63, 3.8) is 0 Å². The minimum absolute atomic E-state index is 0.568. The summed E-state index contributed by atoms with van der Waals surface area (Å²) >= 11 is 0.